The zero-order valence-electron chi connectivity index (χ0n) is 12.7. The molecule has 1 aliphatic rings. The van der Waals surface area contributed by atoms with E-state index in [-0.39, 0.29) is 17.5 Å². The smallest absolute Gasteiger partial charge is 0.270 e. The molecule has 2 amide bonds. The molecular weight excluding hydrogens is 318 g/mol. The van der Waals surface area contributed by atoms with E-state index >= 15 is 0 Å². The van der Waals surface area contributed by atoms with Crippen LogP contribution in [0.3, 0.4) is 0 Å². The number of amides is 2. The van der Waals surface area contributed by atoms with Crippen LogP contribution in [-0.2, 0) is 4.79 Å². The fourth-order valence-corrected chi connectivity index (χ4v) is 3.63. The van der Waals surface area contributed by atoms with Crippen LogP contribution in [0.2, 0.25) is 0 Å². The first-order valence-electron chi connectivity index (χ1n) is 7.09. The normalized spacial score (nSPS) is 17.1. The average Bonchev–Trinajstić information content (AvgIpc) is 2.92. The summed E-state index contributed by atoms with van der Waals surface area (Å²) >= 11 is 1.28. The molecule has 1 aromatic carbocycles. The molecule has 23 heavy (non-hydrogen) atoms. The zero-order chi connectivity index (χ0) is 16.8. The van der Waals surface area contributed by atoms with Crippen LogP contribution in [0.25, 0.3) is 10.1 Å². The quantitative estimate of drug-likeness (QED) is 0.673. The molecule has 0 bridgehead atoms. The molecule has 0 unspecified atom stereocenters. The Morgan fingerprint density at radius 3 is 2.83 bits per heavy atom. The number of thiophene rings is 1. The van der Waals surface area contributed by atoms with Gasteiger partial charge in [-0.25, -0.2) is 0 Å². The maximum Gasteiger partial charge on any atom is 0.270 e. The van der Waals surface area contributed by atoms with E-state index in [2.05, 4.69) is 5.32 Å². The van der Waals surface area contributed by atoms with Gasteiger partial charge in [0, 0.05) is 35.3 Å². The summed E-state index contributed by atoms with van der Waals surface area (Å²) in [6.07, 6.45) is 0. The van der Waals surface area contributed by atoms with E-state index in [1.165, 1.54) is 23.5 Å². The third-order valence-corrected chi connectivity index (χ3v) is 5.12. The van der Waals surface area contributed by atoms with Crippen LogP contribution < -0.4 is 5.32 Å². The minimum atomic E-state index is -0.919. The molecule has 2 aromatic rings. The molecule has 0 aliphatic carbocycles. The molecule has 0 radical (unpaired) electrons. The predicted molar refractivity (Wildman–Crippen MR) is 86.6 cm³/mol. The Hall–Kier alpha value is -2.48. The molecule has 8 heteroatoms. The molecule has 1 aliphatic heterocycles. The van der Waals surface area contributed by atoms with Gasteiger partial charge in [-0.1, -0.05) is 0 Å². The number of carbonyl (C=O) groups excluding carboxylic acids is 2. The standard InChI is InChI=1S/C15H15N3O4S/c1-15(2)14(20)16-5-6-17(15)13(19)12-8-9-7-10(18(21)22)3-4-11(9)23-12/h3-4,7-8H,5-6H2,1-2H3,(H,16,20). The lowest BCUT2D eigenvalue weighted by Crippen LogP contribution is -2.63. The minimum absolute atomic E-state index is 0.00743. The lowest BCUT2D eigenvalue weighted by Gasteiger charge is -2.40. The van der Waals surface area contributed by atoms with Crippen LogP contribution in [0.1, 0.15) is 23.5 Å². The van der Waals surface area contributed by atoms with Crippen molar-refractivity contribution in [1.29, 1.82) is 0 Å². The Kier molecular flexibility index (Phi) is 3.56. The van der Waals surface area contributed by atoms with Gasteiger partial charge >= 0.3 is 0 Å². The minimum Gasteiger partial charge on any atom is -0.352 e. The van der Waals surface area contributed by atoms with E-state index in [9.17, 15) is 19.7 Å². The fraction of sp³-hybridized carbons (Fsp3) is 0.333. The van der Waals surface area contributed by atoms with Crippen molar-refractivity contribution in [2.45, 2.75) is 19.4 Å². The topological polar surface area (TPSA) is 92.6 Å². The van der Waals surface area contributed by atoms with Crippen molar-refractivity contribution in [1.82, 2.24) is 10.2 Å². The second-order valence-electron chi connectivity index (χ2n) is 5.86. The molecule has 3 rings (SSSR count). The van der Waals surface area contributed by atoms with Gasteiger partial charge in [0.15, 0.2) is 0 Å². The van der Waals surface area contributed by atoms with Crippen molar-refractivity contribution >= 4 is 38.9 Å². The molecule has 0 spiro atoms. The van der Waals surface area contributed by atoms with Gasteiger partial charge in [-0.2, -0.15) is 0 Å². The molecule has 0 atom stereocenters. The predicted octanol–water partition coefficient (Wildman–Crippen LogP) is 2.16. The molecule has 1 fully saturated rings. The third kappa shape index (κ3) is 2.55. The van der Waals surface area contributed by atoms with E-state index in [1.54, 1.807) is 30.9 Å². The number of nitro benzene ring substituents is 1. The summed E-state index contributed by atoms with van der Waals surface area (Å²) in [5.41, 5.74) is -0.927. The molecular formula is C15H15N3O4S. The van der Waals surface area contributed by atoms with Crippen molar-refractivity contribution in [3.63, 3.8) is 0 Å². The van der Waals surface area contributed by atoms with Gasteiger partial charge in [0.25, 0.3) is 11.6 Å². The number of hydrogen-bond donors (Lipinski definition) is 1. The highest BCUT2D eigenvalue weighted by Gasteiger charge is 2.41. The molecule has 1 N–H and O–H groups in total. The summed E-state index contributed by atoms with van der Waals surface area (Å²) in [5.74, 6) is -0.414. The van der Waals surface area contributed by atoms with E-state index < -0.39 is 10.5 Å². The number of benzene rings is 1. The number of piperazine rings is 1. The third-order valence-electron chi connectivity index (χ3n) is 4.02. The van der Waals surface area contributed by atoms with Crippen molar-refractivity contribution in [3.05, 3.63) is 39.3 Å². The first-order valence-corrected chi connectivity index (χ1v) is 7.90. The van der Waals surface area contributed by atoms with Crippen LogP contribution in [0.4, 0.5) is 5.69 Å². The monoisotopic (exact) mass is 333 g/mol. The molecule has 0 saturated carbocycles. The number of nitrogens with zero attached hydrogens (tertiary/aromatic N) is 2. The highest BCUT2D eigenvalue weighted by atomic mass is 32.1. The van der Waals surface area contributed by atoms with Crippen LogP contribution in [0.5, 0.6) is 0 Å². The second-order valence-corrected chi connectivity index (χ2v) is 6.95. The maximum absolute atomic E-state index is 12.8. The number of fused-ring (bicyclic) bond motifs is 1. The second kappa shape index (κ2) is 5.31. The van der Waals surface area contributed by atoms with Crippen molar-refractivity contribution in [2.75, 3.05) is 13.1 Å². The molecule has 7 nitrogen and oxygen atoms in total. The van der Waals surface area contributed by atoms with Gasteiger partial charge < -0.3 is 10.2 Å². The van der Waals surface area contributed by atoms with E-state index in [1.807, 2.05) is 0 Å². The first-order chi connectivity index (χ1) is 10.8. The van der Waals surface area contributed by atoms with Crippen LogP contribution >= 0.6 is 11.3 Å². The maximum atomic E-state index is 12.8. The zero-order valence-corrected chi connectivity index (χ0v) is 13.5. The van der Waals surface area contributed by atoms with Gasteiger partial charge in [0.05, 0.1) is 9.80 Å². The lowest BCUT2D eigenvalue weighted by atomic mass is 9.98. The average molecular weight is 333 g/mol. The summed E-state index contributed by atoms with van der Waals surface area (Å²) in [6.45, 7) is 4.27. The van der Waals surface area contributed by atoms with Crippen molar-refractivity contribution in [3.8, 4) is 0 Å². The van der Waals surface area contributed by atoms with Gasteiger partial charge in [-0.05, 0) is 26.0 Å². The number of rotatable bonds is 2. The van der Waals surface area contributed by atoms with Gasteiger partial charge in [0.1, 0.15) is 5.54 Å². The summed E-state index contributed by atoms with van der Waals surface area (Å²) < 4.78 is 0.804. The SMILES string of the molecule is CC1(C)C(=O)NCCN1C(=O)c1cc2cc([N+](=O)[O-])ccc2s1. The number of carbonyl (C=O) groups is 2. The highest BCUT2D eigenvalue weighted by Crippen LogP contribution is 2.31. The lowest BCUT2D eigenvalue weighted by molar-refractivity contribution is -0.384. The Labute approximate surface area is 136 Å². The Morgan fingerprint density at radius 1 is 1.39 bits per heavy atom. The van der Waals surface area contributed by atoms with E-state index in [0.29, 0.717) is 23.4 Å². The van der Waals surface area contributed by atoms with Crippen LogP contribution in [0.15, 0.2) is 24.3 Å². The van der Waals surface area contributed by atoms with Gasteiger partial charge in [-0.3, -0.25) is 19.7 Å². The molecule has 2 heterocycles. The summed E-state index contributed by atoms with van der Waals surface area (Å²) in [7, 11) is 0. The van der Waals surface area contributed by atoms with Crippen LogP contribution in [-0.4, -0.2) is 40.3 Å². The number of nitrogens with one attached hydrogen (secondary N) is 1. The number of nitro groups is 1. The molecule has 1 aromatic heterocycles. The highest BCUT2D eigenvalue weighted by molar-refractivity contribution is 7.20. The Balaban J connectivity index is 1.97. The summed E-state index contributed by atoms with van der Waals surface area (Å²) in [6, 6.07) is 6.17. The van der Waals surface area contributed by atoms with Crippen molar-refractivity contribution in [2.24, 2.45) is 0 Å². The Morgan fingerprint density at radius 2 is 2.13 bits per heavy atom. The first kappa shape index (κ1) is 15.4. The van der Waals surface area contributed by atoms with Crippen LogP contribution in [0, 0.1) is 10.1 Å². The fourth-order valence-electron chi connectivity index (χ4n) is 2.64. The number of non-ortho nitro benzene ring substituents is 1. The Bertz CT molecular complexity index is 827. The largest absolute Gasteiger partial charge is 0.352 e. The van der Waals surface area contributed by atoms with Gasteiger partial charge in [0.2, 0.25) is 5.91 Å². The van der Waals surface area contributed by atoms with Crippen molar-refractivity contribution < 1.29 is 14.5 Å². The molecule has 1 saturated heterocycles. The van der Waals surface area contributed by atoms with E-state index in [4.69, 9.17) is 0 Å². The summed E-state index contributed by atoms with van der Waals surface area (Å²) in [5, 5.41) is 14.3. The van der Waals surface area contributed by atoms with Gasteiger partial charge in [-0.15, -0.1) is 11.3 Å². The van der Waals surface area contributed by atoms with E-state index in [0.717, 1.165) is 4.70 Å². The summed E-state index contributed by atoms with van der Waals surface area (Å²) in [4.78, 5) is 37.2. The number of hydrogen-bond acceptors (Lipinski definition) is 5. The molecule has 120 valence electrons.